The summed E-state index contributed by atoms with van der Waals surface area (Å²) < 4.78 is 16.9. The van der Waals surface area contributed by atoms with E-state index in [4.69, 9.17) is 0 Å². The summed E-state index contributed by atoms with van der Waals surface area (Å²) in [4.78, 5) is 28.1. The van der Waals surface area contributed by atoms with Gasteiger partial charge in [0.1, 0.15) is 11.9 Å². The first-order chi connectivity index (χ1) is 17.5. The molecule has 4 aromatic rings. The average molecular weight is 501 g/mol. The predicted molar refractivity (Wildman–Crippen MR) is 131 cm³/mol. The molecule has 0 aliphatic carbocycles. The summed E-state index contributed by atoms with van der Waals surface area (Å²) in [6, 6.07) is 15.3. The van der Waals surface area contributed by atoms with Crippen LogP contribution >= 0.6 is 11.3 Å². The molecule has 6 rings (SSSR count). The van der Waals surface area contributed by atoms with Crippen molar-refractivity contribution in [2.75, 3.05) is 6.54 Å². The number of aromatic nitrogens is 3. The lowest BCUT2D eigenvalue weighted by Gasteiger charge is -2.32. The highest BCUT2D eigenvalue weighted by Crippen LogP contribution is 2.32. The minimum absolute atomic E-state index is 0.00301. The topological polar surface area (TPSA) is 92.8 Å². The Morgan fingerprint density at radius 1 is 1.14 bits per heavy atom. The Hall–Kier alpha value is -4.05. The van der Waals surface area contributed by atoms with E-state index in [9.17, 15) is 14.0 Å². The normalized spacial score (nSPS) is 18.7. The maximum atomic E-state index is 14.9. The summed E-state index contributed by atoms with van der Waals surface area (Å²) in [5.41, 5.74) is 2.04. The Bertz CT molecular complexity index is 1510. The molecule has 2 atom stereocenters. The maximum absolute atomic E-state index is 14.9. The molecule has 2 aromatic carbocycles. The molecule has 180 valence electrons. The molecule has 0 spiro atoms. The van der Waals surface area contributed by atoms with Crippen molar-refractivity contribution in [1.82, 2.24) is 19.7 Å². The molecule has 2 aliphatic rings. The van der Waals surface area contributed by atoms with Crippen LogP contribution in [0.15, 0.2) is 70.2 Å². The van der Waals surface area contributed by atoms with Crippen LogP contribution < -0.4 is 0 Å². The highest BCUT2D eigenvalue weighted by atomic mass is 32.1. The molecule has 36 heavy (non-hydrogen) atoms. The number of benzene rings is 2. The summed E-state index contributed by atoms with van der Waals surface area (Å²) in [6.07, 6.45) is 0.392. The van der Waals surface area contributed by atoms with Gasteiger partial charge < -0.3 is 9.47 Å². The van der Waals surface area contributed by atoms with E-state index in [1.165, 1.54) is 6.07 Å². The van der Waals surface area contributed by atoms with Crippen LogP contribution in [0.2, 0.25) is 0 Å². The molecule has 2 aliphatic heterocycles. The summed E-state index contributed by atoms with van der Waals surface area (Å²) in [7, 11) is 0. The van der Waals surface area contributed by atoms with E-state index in [1.807, 2.05) is 36.6 Å². The van der Waals surface area contributed by atoms with Crippen molar-refractivity contribution >= 4 is 23.2 Å². The number of halogens is 1. The Balaban J connectivity index is 1.25. The SMILES string of the molecule is CC1CN(C(=O)c2cc(CC3N=NC(=O)c4ccccc43)ccc2F)Cc2nnc(-c3cccs3)n21. The Labute approximate surface area is 210 Å². The fraction of sp³-hybridized carbons (Fsp3) is 0.231. The molecule has 4 heterocycles. The zero-order valence-corrected chi connectivity index (χ0v) is 20.2. The quantitative estimate of drug-likeness (QED) is 0.382. The second kappa shape index (κ2) is 8.87. The van der Waals surface area contributed by atoms with Crippen molar-refractivity contribution in [3.05, 3.63) is 93.9 Å². The third kappa shape index (κ3) is 3.83. The van der Waals surface area contributed by atoms with Crippen LogP contribution in [0.5, 0.6) is 0 Å². The maximum Gasteiger partial charge on any atom is 0.295 e. The standard InChI is InChI=1S/C26H21FN6O2S/c1-15-13-32(14-23-29-30-24(33(15)23)22-7-4-10-36-22)26(35)19-11-16(8-9-20(19)27)12-21-17-5-2-3-6-18(17)25(34)31-28-21/h2-11,15,21H,12-14H2,1H3. The highest BCUT2D eigenvalue weighted by molar-refractivity contribution is 7.13. The molecule has 0 radical (unpaired) electrons. The first-order valence-electron chi connectivity index (χ1n) is 11.6. The Morgan fingerprint density at radius 2 is 2.00 bits per heavy atom. The largest absolute Gasteiger partial charge is 0.329 e. The van der Waals surface area contributed by atoms with Crippen molar-refractivity contribution < 1.29 is 14.0 Å². The van der Waals surface area contributed by atoms with Gasteiger partial charge in [0.2, 0.25) is 0 Å². The third-order valence-electron chi connectivity index (χ3n) is 6.58. The van der Waals surface area contributed by atoms with Crippen LogP contribution in [0.3, 0.4) is 0 Å². The second-order valence-corrected chi connectivity index (χ2v) is 9.91. The van der Waals surface area contributed by atoms with E-state index >= 15 is 0 Å². The lowest BCUT2D eigenvalue weighted by Crippen LogP contribution is -2.40. The van der Waals surface area contributed by atoms with Crippen LogP contribution in [0.1, 0.15) is 56.7 Å². The van der Waals surface area contributed by atoms with Crippen molar-refractivity contribution in [2.24, 2.45) is 10.2 Å². The monoisotopic (exact) mass is 500 g/mol. The number of rotatable bonds is 4. The summed E-state index contributed by atoms with van der Waals surface area (Å²) in [6.45, 7) is 2.67. The molecule has 0 N–H and O–H groups in total. The number of carbonyl (C=O) groups excluding carboxylic acids is 2. The number of hydrogen-bond acceptors (Lipinski definition) is 6. The van der Waals surface area contributed by atoms with Gasteiger partial charge in [-0.3, -0.25) is 9.59 Å². The van der Waals surface area contributed by atoms with E-state index in [0.717, 1.165) is 21.8 Å². The third-order valence-corrected chi connectivity index (χ3v) is 7.45. The van der Waals surface area contributed by atoms with Crippen molar-refractivity contribution in [1.29, 1.82) is 0 Å². The lowest BCUT2D eigenvalue weighted by molar-refractivity contribution is 0.0677. The van der Waals surface area contributed by atoms with Gasteiger partial charge in [0.25, 0.3) is 11.8 Å². The van der Waals surface area contributed by atoms with E-state index in [0.29, 0.717) is 24.4 Å². The summed E-state index contributed by atoms with van der Waals surface area (Å²) in [5.74, 6) is 0.114. The molecule has 2 amide bonds. The zero-order chi connectivity index (χ0) is 24.8. The van der Waals surface area contributed by atoms with Crippen molar-refractivity contribution in [3.8, 4) is 10.7 Å². The minimum atomic E-state index is -0.580. The molecule has 0 fully saturated rings. The number of fused-ring (bicyclic) bond motifs is 2. The van der Waals surface area contributed by atoms with Gasteiger partial charge >= 0.3 is 0 Å². The van der Waals surface area contributed by atoms with E-state index in [-0.39, 0.29) is 30.1 Å². The van der Waals surface area contributed by atoms with Crippen LogP contribution in [-0.4, -0.2) is 38.0 Å². The number of hydrogen-bond donors (Lipinski definition) is 0. The smallest absolute Gasteiger partial charge is 0.295 e. The molecule has 2 aromatic heterocycles. The van der Waals surface area contributed by atoms with Gasteiger partial charge in [0, 0.05) is 18.5 Å². The van der Waals surface area contributed by atoms with Gasteiger partial charge in [0.15, 0.2) is 11.6 Å². The number of nitrogens with zero attached hydrogens (tertiary/aromatic N) is 6. The average Bonchev–Trinajstić information content (AvgIpc) is 3.57. The van der Waals surface area contributed by atoms with Crippen LogP contribution in [-0.2, 0) is 13.0 Å². The Morgan fingerprint density at radius 3 is 2.83 bits per heavy atom. The van der Waals surface area contributed by atoms with Gasteiger partial charge in [-0.2, -0.15) is 5.11 Å². The molecule has 0 saturated carbocycles. The molecular formula is C26H21FN6O2S. The van der Waals surface area contributed by atoms with Crippen LogP contribution in [0.4, 0.5) is 4.39 Å². The van der Waals surface area contributed by atoms with Gasteiger partial charge in [-0.25, -0.2) is 4.39 Å². The molecule has 2 unspecified atom stereocenters. The number of azo groups is 1. The number of amides is 2. The van der Waals surface area contributed by atoms with Crippen molar-refractivity contribution in [2.45, 2.75) is 32.0 Å². The molecule has 8 nitrogen and oxygen atoms in total. The number of thiophene rings is 1. The van der Waals surface area contributed by atoms with E-state index in [1.54, 1.807) is 40.5 Å². The van der Waals surface area contributed by atoms with Crippen LogP contribution in [0, 0.1) is 5.82 Å². The molecule has 10 heteroatoms. The minimum Gasteiger partial charge on any atom is -0.329 e. The predicted octanol–water partition coefficient (Wildman–Crippen LogP) is 5.25. The first-order valence-corrected chi connectivity index (χ1v) is 12.5. The fourth-order valence-electron chi connectivity index (χ4n) is 4.89. The molecular weight excluding hydrogens is 479 g/mol. The van der Waals surface area contributed by atoms with E-state index < -0.39 is 11.7 Å². The van der Waals surface area contributed by atoms with Gasteiger partial charge in [-0.05, 0) is 47.7 Å². The molecule has 0 saturated heterocycles. The lowest BCUT2D eigenvalue weighted by atomic mass is 9.93. The highest BCUT2D eigenvalue weighted by Gasteiger charge is 2.32. The van der Waals surface area contributed by atoms with Crippen LogP contribution in [0.25, 0.3) is 10.7 Å². The fourth-order valence-corrected chi connectivity index (χ4v) is 5.59. The summed E-state index contributed by atoms with van der Waals surface area (Å²) in [5, 5.41) is 18.6. The number of carbonyl (C=O) groups is 2. The molecule has 0 bridgehead atoms. The van der Waals surface area contributed by atoms with Gasteiger partial charge in [-0.15, -0.1) is 26.6 Å². The zero-order valence-electron chi connectivity index (χ0n) is 19.3. The Kier molecular flexibility index (Phi) is 5.52. The van der Waals surface area contributed by atoms with E-state index in [2.05, 4.69) is 25.0 Å². The first kappa shape index (κ1) is 22.4. The second-order valence-electron chi connectivity index (χ2n) is 8.96. The summed E-state index contributed by atoms with van der Waals surface area (Å²) >= 11 is 1.59. The van der Waals surface area contributed by atoms with Crippen molar-refractivity contribution in [3.63, 3.8) is 0 Å². The van der Waals surface area contributed by atoms with Gasteiger partial charge in [-0.1, -0.05) is 30.3 Å². The van der Waals surface area contributed by atoms with Gasteiger partial charge in [0.05, 0.1) is 23.0 Å².